The molecule has 1 aromatic carbocycles. The van der Waals surface area contributed by atoms with Crippen molar-refractivity contribution in [1.29, 1.82) is 0 Å². The van der Waals surface area contributed by atoms with E-state index in [1.165, 1.54) is 0 Å². The number of carboxylic acids is 1. The normalized spacial score (nSPS) is 12.9. The Morgan fingerprint density at radius 3 is 2.23 bits per heavy atom. The van der Waals surface area contributed by atoms with Crippen LogP contribution in [0.2, 0.25) is 0 Å². The molecule has 0 unspecified atom stereocenters. The van der Waals surface area contributed by atoms with Gasteiger partial charge in [0.1, 0.15) is 17.7 Å². The third kappa shape index (κ3) is 10.3. The molecule has 0 aromatic heterocycles. The lowest BCUT2D eigenvalue weighted by Gasteiger charge is -2.24. The highest BCUT2D eigenvalue weighted by Gasteiger charge is 2.28. The van der Waals surface area contributed by atoms with Crippen molar-refractivity contribution in [2.24, 2.45) is 5.73 Å². The molecule has 30 heavy (non-hydrogen) atoms. The van der Waals surface area contributed by atoms with Crippen LogP contribution in [0.1, 0.15) is 39.2 Å². The number of amides is 4. The molecule has 0 fully saturated rings. The maximum atomic E-state index is 12.8. The van der Waals surface area contributed by atoms with Gasteiger partial charge in [-0.15, -0.1) is 0 Å². The second kappa shape index (κ2) is 11.6. The molecule has 10 nitrogen and oxygen atoms in total. The number of alkyl carbamates (subject to hydrolysis) is 1. The van der Waals surface area contributed by atoms with Crippen molar-refractivity contribution in [3.05, 3.63) is 35.9 Å². The van der Waals surface area contributed by atoms with Gasteiger partial charge in [0.25, 0.3) is 0 Å². The van der Waals surface area contributed by atoms with E-state index in [1.54, 1.807) is 45.0 Å². The summed E-state index contributed by atoms with van der Waals surface area (Å²) in [7, 11) is 0. The summed E-state index contributed by atoms with van der Waals surface area (Å²) in [5.74, 6) is -1.88. The zero-order valence-electron chi connectivity index (χ0n) is 17.4. The Balaban J connectivity index is 2.83. The number of primary amides is 1. The van der Waals surface area contributed by atoms with E-state index in [4.69, 9.17) is 10.5 Å². The van der Waals surface area contributed by atoms with Crippen LogP contribution < -0.4 is 21.7 Å². The number of carboxylic acid groups (broad SMARTS) is 1. The largest absolute Gasteiger partial charge is 0.480 e. The first-order chi connectivity index (χ1) is 14.0. The number of hydrogen-bond acceptors (Lipinski definition) is 5. The van der Waals surface area contributed by atoms with E-state index >= 15 is 0 Å². The van der Waals surface area contributed by atoms with E-state index in [2.05, 4.69) is 16.0 Å². The van der Waals surface area contributed by atoms with Crippen LogP contribution in [0, 0.1) is 0 Å². The minimum absolute atomic E-state index is 0.0752. The molecular formula is C20H30N4O6. The van der Waals surface area contributed by atoms with Crippen molar-refractivity contribution in [2.75, 3.05) is 6.54 Å². The molecule has 10 heteroatoms. The van der Waals surface area contributed by atoms with Gasteiger partial charge in [0.2, 0.25) is 5.91 Å². The lowest BCUT2D eigenvalue weighted by Crippen LogP contribution is -2.53. The highest BCUT2D eigenvalue weighted by Crippen LogP contribution is 2.09. The maximum Gasteiger partial charge on any atom is 0.408 e. The van der Waals surface area contributed by atoms with Crippen molar-refractivity contribution >= 4 is 24.0 Å². The Hall–Kier alpha value is -3.30. The number of nitrogens with one attached hydrogen (secondary N) is 3. The number of carbonyl (C=O) groups is 4. The monoisotopic (exact) mass is 422 g/mol. The molecule has 166 valence electrons. The number of aliphatic carboxylic acids is 1. The second-order valence-corrected chi connectivity index (χ2v) is 7.72. The number of carbonyl (C=O) groups excluding carboxylic acids is 3. The Bertz CT molecular complexity index is 733. The summed E-state index contributed by atoms with van der Waals surface area (Å²) in [5, 5.41) is 16.7. The summed E-state index contributed by atoms with van der Waals surface area (Å²) >= 11 is 0. The van der Waals surface area contributed by atoms with Crippen LogP contribution in [-0.2, 0) is 20.7 Å². The van der Waals surface area contributed by atoms with E-state index < -0.39 is 41.7 Å². The number of ether oxygens (including phenoxy) is 1. The number of benzene rings is 1. The quantitative estimate of drug-likeness (QED) is 0.355. The minimum atomic E-state index is -1.22. The van der Waals surface area contributed by atoms with Gasteiger partial charge in [-0.3, -0.25) is 4.79 Å². The van der Waals surface area contributed by atoms with Crippen LogP contribution in [0.5, 0.6) is 0 Å². The zero-order valence-corrected chi connectivity index (χ0v) is 17.4. The summed E-state index contributed by atoms with van der Waals surface area (Å²) in [6.45, 7) is 5.26. The molecule has 0 heterocycles. The van der Waals surface area contributed by atoms with Crippen LogP contribution in [0.3, 0.4) is 0 Å². The molecule has 0 aliphatic carbocycles. The molecule has 6 N–H and O–H groups in total. The highest BCUT2D eigenvalue weighted by molar-refractivity contribution is 5.89. The lowest BCUT2D eigenvalue weighted by molar-refractivity contribution is -0.142. The number of rotatable bonds is 10. The maximum absolute atomic E-state index is 12.8. The molecule has 0 radical (unpaired) electrons. The molecule has 0 bridgehead atoms. The van der Waals surface area contributed by atoms with E-state index in [1.807, 2.05) is 6.07 Å². The van der Waals surface area contributed by atoms with Gasteiger partial charge in [0, 0.05) is 13.0 Å². The molecule has 0 saturated carbocycles. The van der Waals surface area contributed by atoms with Crippen molar-refractivity contribution < 1.29 is 29.0 Å². The molecule has 0 spiro atoms. The number of nitrogens with two attached hydrogens (primary N) is 1. The lowest BCUT2D eigenvalue weighted by atomic mass is 10.0. The molecular weight excluding hydrogens is 392 g/mol. The molecule has 1 rings (SSSR count). The van der Waals surface area contributed by atoms with Crippen LogP contribution in [0.25, 0.3) is 0 Å². The van der Waals surface area contributed by atoms with Gasteiger partial charge in [-0.2, -0.15) is 0 Å². The fourth-order valence-corrected chi connectivity index (χ4v) is 2.56. The number of hydrogen-bond donors (Lipinski definition) is 5. The summed E-state index contributed by atoms with van der Waals surface area (Å²) in [6.07, 6.45) is -0.257. The van der Waals surface area contributed by atoms with Crippen molar-refractivity contribution in [2.45, 2.75) is 57.7 Å². The van der Waals surface area contributed by atoms with Crippen LogP contribution in [-0.4, -0.2) is 53.3 Å². The first-order valence-electron chi connectivity index (χ1n) is 9.58. The fourth-order valence-electron chi connectivity index (χ4n) is 2.56. The Morgan fingerprint density at radius 1 is 1.07 bits per heavy atom. The predicted octanol–water partition coefficient (Wildman–Crippen LogP) is 1.14. The molecule has 0 aliphatic heterocycles. The van der Waals surface area contributed by atoms with Crippen LogP contribution >= 0.6 is 0 Å². The Kier molecular flexibility index (Phi) is 9.60. The second-order valence-electron chi connectivity index (χ2n) is 7.72. The van der Waals surface area contributed by atoms with Crippen molar-refractivity contribution in [3.8, 4) is 0 Å². The smallest absolute Gasteiger partial charge is 0.408 e. The predicted molar refractivity (Wildman–Crippen MR) is 110 cm³/mol. The summed E-state index contributed by atoms with van der Waals surface area (Å²) in [4.78, 5) is 47.2. The van der Waals surface area contributed by atoms with Gasteiger partial charge in [-0.05, 0) is 39.2 Å². The van der Waals surface area contributed by atoms with Crippen LogP contribution in [0.4, 0.5) is 9.59 Å². The average molecular weight is 422 g/mol. The zero-order chi connectivity index (χ0) is 22.7. The average Bonchev–Trinajstić information content (AvgIpc) is 2.62. The molecule has 2 atom stereocenters. The summed E-state index contributed by atoms with van der Waals surface area (Å²) < 4.78 is 5.21. The van der Waals surface area contributed by atoms with Gasteiger partial charge < -0.3 is 31.5 Å². The van der Waals surface area contributed by atoms with E-state index in [9.17, 15) is 24.3 Å². The molecule has 4 amide bonds. The van der Waals surface area contributed by atoms with E-state index in [-0.39, 0.29) is 19.4 Å². The van der Waals surface area contributed by atoms with Crippen molar-refractivity contribution in [3.63, 3.8) is 0 Å². The van der Waals surface area contributed by atoms with Gasteiger partial charge in [-0.1, -0.05) is 30.3 Å². The van der Waals surface area contributed by atoms with Gasteiger partial charge in [0.05, 0.1) is 0 Å². The van der Waals surface area contributed by atoms with Crippen LogP contribution in [0.15, 0.2) is 30.3 Å². The van der Waals surface area contributed by atoms with E-state index in [0.717, 1.165) is 5.56 Å². The third-order valence-electron chi connectivity index (χ3n) is 3.87. The van der Waals surface area contributed by atoms with Gasteiger partial charge in [0.15, 0.2) is 0 Å². The SMILES string of the molecule is CC(C)(C)OC(=O)N[C@H](Cc1ccccc1)C(=O)N[C@@H](CCCNC(N)=O)C(=O)O. The minimum Gasteiger partial charge on any atom is -0.480 e. The first-order valence-corrected chi connectivity index (χ1v) is 9.58. The first kappa shape index (κ1) is 24.7. The van der Waals surface area contributed by atoms with Crippen molar-refractivity contribution in [1.82, 2.24) is 16.0 Å². The van der Waals surface area contributed by atoms with Gasteiger partial charge in [-0.25, -0.2) is 14.4 Å². The third-order valence-corrected chi connectivity index (χ3v) is 3.87. The van der Waals surface area contributed by atoms with Gasteiger partial charge >= 0.3 is 18.1 Å². The summed E-state index contributed by atoms with van der Waals surface area (Å²) in [6, 6.07) is 6.06. The Labute approximate surface area is 175 Å². The Morgan fingerprint density at radius 2 is 1.70 bits per heavy atom. The molecule has 0 aliphatic rings. The molecule has 1 aromatic rings. The number of urea groups is 1. The standard InChI is InChI=1S/C20H30N4O6/c1-20(2,3)30-19(29)24-15(12-13-8-5-4-6-9-13)16(25)23-14(17(26)27)10-7-11-22-18(21)28/h4-6,8-9,14-15H,7,10-12H2,1-3H3,(H,23,25)(H,24,29)(H,26,27)(H3,21,22,28)/t14-,15+/m0/s1. The van der Waals surface area contributed by atoms with E-state index in [0.29, 0.717) is 6.42 Å². The molecule has 0 saturated heterocycles. The fraction of sp³-hybridized carbons (Fsp3) is 0.500. The highest BCUT2D eigenvalue weighted by atomic mass is 16.6. The topological polar surface area (TPSA) is 160 Å². The summed E-state index contributed by atoms with van der Waals surface area (Å²) in [5.41, 5.74) is 4.99.